The average Bonchev–Trinajstić information content (AvgIpc) is 2.15. The lowest BCUT2D eigenvalue weighted by Gasteiger charge is -2.05. The molecular formula is C7H4BrF3N2O. The predicted molar refractivity (Wildman–Crippen MR) is 46.5 cm³/mol. The third-order valence-corrected chi connectivity index (χ3v) is 2.05. The minimum Gasteiger partial charge on any atom is -0.409 e. The highest BCUT2D eigenvalue weighted by Gasteiger charge is 2.20. The van der Waals surface area contributed by atoms with Crippen LogP contribution in [0.2, 0.25) is 0 Å². The SMILES string of the molecule is N/C(=N\O)c1c(F)c(F)cc(Br)c1F. The topological polar surface area (TPSA) is 58.6 Å². The fourth-order valence-corrected chi connectivity index (χ4v) is 1.25. The Morgan fingerprint density at radius 2 is 1.93 bits per heavy atom. The zero-order valence-electron chi connectivity index (χ0n) is 6.56. The number of oxime groups is 1. The van der Waals surface area contributed by atoms with Crippen molar-refractivity contribution in [2.24, 2.45) is 10.9 Å². The van der Waals surface area contributed by atoms with Crippen molar-refractivity contribution >= 4 is 21.8 Å². The van der Waals surface area contributed by atoms with Gasteiger partial charge in [-0.1, -0.05) is 5.16 Å². The zero-order chi connectivity index (χ0) is 10.9. The fraction of sp³-hybridized carbons (Fsp3) is 0. The Balaban J connectivity index is 3.55. The number of nitrogens with two attached hydrogens (primary N) is 1. The van der Waals surface area contributed by atoms with Crippen LogP contribution in [-0.4, -0.2) is 11.0 Å². The molecule has 0 unspecified atom stereocenters. The van der Waals surface area contributed by atoms with Crippen LogP contribution in [0, 0.1) is 17.5 Å². The van der Waals surface area contributed by atoms with Crippen LogP contribution in [0.1, 0.15) is 5.56 Å². The summed E-state index contributed by atoms with van der Waals surface area (Å²) in [6.45, 7) is 0. The molecule has 0 radical (unpaired) electrons. The van der Waals surface area contributed by atoms with E-state index in [9.17, 15) is 13.2 Å². The minimum absolute atomic E-state index is 0.307. The highest BCUT2D eigenvalue weighted by atomic mass is 79.9. The van der Waals surface area contributed by atoms with Gasteiger partial charge < -0.3 is 10.9 Å². The molecule has 0 aliphatic heterocycles. The van der Waals surface area contributed by atoms with Gasteiger partial charge in [0.1, 0.15) is 0 Å². The molecule has 1 aromatic carbocycles. The summed E-state index contributed by atoms with van der Waals surface area (Å²) in [7, 11) is 0. The van der Waals surface area contributed by atoms with Crippen molar-refractivity contribution < 1.29 is 18.4 Å². The largest absolute Gasteiger partial charge is 0.409 e. The standard InChI is InChI=1S/C7H4BrF3N2O/c8-2-1-3(9)6(11)4(5(2)10)7(12)13-14/h1,14H,(H2,12,13). The number of benzene rings is 1. The molecule has 0 aliphatic carbocycles. The number of rotatable bonds is 1. The monoisotopic (exact) mass is 268 g/mol. The molecule has 0 aliphatic rings. The summed E-state index contributed by atoms with van der Waals surface area (Å²) in [5, 5.41) is 10.6. The molecule has 1 rings (SSSR count). The minimum atomic E-state index is -1.50. The number of halogens is 4. The summed E-state index contributed by atoms with van der Waals surface area (Å²) < 4.78 is 38.6. The van der Waals surface area contributed by atoms with Crippen LogP contribution in [0.3, 0.4) is 0 Å². The van der Waals surface area contributed by atoms with Crippen LogP contribution in [0.25, 0.3) is 0 Å². The van der Waals surface area contributed by atoms with Gasteiger partial charge >= 0.3 is 0 Å². The quantitative estimate of drug-likeness (QED) is 0.269. The van der Waals surface area contributed by atoms with Gasteiger partial charge in [0, 0.05) is 0 Å². The predicted octanol–water partition coefficient (Wildman–Crippen LogP) is 1.96. The summed E-state index contributed by atoms with van der Waals surface area (Å²) in [4.78, 5) is 0. The van der Waals surface area contributed by atoms with Gasteiger partial charge in [-0.05, 0) is 22.0 Å². The van der Waals surface area contributed by atoms with Crippen molar-refractivity contribution in [2.45, 2.75) is 0 Å². The third-order valence-electron chi connectivity index (χ3n) is 1.48. The lowest BCUT2D eigenvalue weighted by atomic mass is 10.2. The highest BCUT2D eigenvalue weighted by molar-refractivity contribution is 9.10. The molecule has 0 fully saturated rings. The lowest BCUT2D eigenvalue weighted by molar-refractivity contribution is 0.318. The van der Waals surface area contributed by atoms with E-state index in [1.165, 1.54) is 0 Å². The maximum Gasteiger partial charge on any atom is 0.176 e. The molecule has 0 bridgehead atoms. The van der Waals surface area contributed by atoms with E-state index in [1.54, 1.807) is 0 Å². The molecule has 3 nitrogen and oxygen atoms in total. The average molecular weight is 269 g/mol. The van der Waals surface area contributed by atoms with E-state index in [0.29, 0.717) is 6.07 Å². The molecule has 0 aromatic heterocycles. The molecule has 1 aromatic rings. The Morgan fingerprint density at radius 1 is 1.36 bits per heavy atom. The van der Waals surface area contributed by atoms with Gasteiger partial charge in [-0.15, -0.1) is 0 Å². The van der Waals surface area contributed by atoms with E-state index < -0.39 is 28.9 Å². The summed E-state index contributed by atoms with van der Waals surface area (Å²) >= 11 is 2.65. The second-order valence-electron chi connectivity index (χ2n) is 2.33. The normalized spacial score (nSPS) is 11.9. The number of nitrogens with zero attached hydrogens (tertiary/aromatic N) is 1. The van der Waals surface area contributed by atoms with E-state index in [4.69, 9.17) is 10.9 Å². The maximum absolute atomic E-state index is 13.2. The van der Waals surface area contributed by atoms with Crippen LogP contribution in [0.5, 0.6) is 0 Å². The van der Waals surface area contributed by atoms with Crippen LogP contribution < -0.4 is 5.73 Å². The van der Waals surface area contributed by atoms with Crippen LogP contribution in [0.15, 0.2) is 15.7 Å². The summed E-state index contributed by atoms with van der Waals surface area (Å²) in [5.41, 5.74) is 4.06. The van der Waals surface area contributed by atoms with Gasteiger partial charge in [0.2, 0.25) is 0 Å². The molecule has 0 saturated heterocycles. The van der Waals surface area contributed by atoms with Gasteiger partial charge in [-0.25, -0.2) is 13.2 Å². The first-order valence-electron chi connectivity index (χ1n) is 3.30. The Morgan fingerprint density at radius 3 is 2.43 bits per heavy atom. The maximum atomic E-state index is 13.2. The first-order valence-corrected chi connectivity index (χ1v) is 4.09. The number of amidine groups is 1. The first kappa shape index (κ1) is 10.8. The van der Waals surface area contributed by atoms with E-state index in [0.717, 1.165) is 0 Å². The summed E-state index contributed by atoms with van der Waals surface area (Å²) in [6.07, 6.45) is 0. The van der Waals surface area contributed by atoms with Gasteiger partial charge in [0.15, 0.2) is 23.3 Å². The molecule has 0 amide bonds. The van der Waals surface area contributed by atoms with Gasteiger partial charge in [0.25, 0.3) is 0 Å². The Hall–Kier alpha value is -1.24. The second-order valence-corrected chi connectivity index (χ2v) is 3.18. The number of hydrogen-bond acceptors (Lipinski definition) is 2. The molecule has 7 heteroatoms. The molecule has 0 spiro atoms. The molecule has 14 heavy (non-hydrogen) atoms. The van der Waals surface area contributed by atoms with Crippen molar-refractivity contribution in [2.75, 3.05) is 0 Å². The molecule has 3 N–H and O–H groups in total. The van der Waals surface area contributed by atoms with Crippen LogP contribution in [0.4, 0.5) is 13.2 Å². The van der Waals surface area contributed by atoms with E-state index in [-0.39, 0.29) is 4.47 Å². The van der Waals surface area contributed by atoms with E-state index in [1.807, 2.05) is 0 Å². The summed E-state index contributed by atoms with van der Waals surface area (Å²) in [6, 6.07) is 0.610. The van der Waals surface area contributed by atoms with Crippen molar-refractivity contribution in [1.29, 1.82) is 0 Å². The first-order chi connectivity index (χ1) is 6.49. The molecule has 76 valence electrons. The molecule has 0 saturated carbocycles. The Kier molecular flexibility index (Phi) is 3.00. The molecule has 0 atom stereocenters. The van der Waals surface area contributed by atoms with Gasteiger partial charge in [-0.3, -0.25) is 0 Å². The van der Waals surface area contributed by atoms with Crippen LogP contribution >= 0.6 is 15.9 Å². The van der Waals surface area contributed by atoms with Crippen molar-refractivity contribution in [3.8, 4) is 0 Å². The fourth-order valence-electron chi connectivity index (χ4n) is 0.848. The molecular weight excluding hydrogens is 265 g/mol. The van der Waals surface area contributed by atoms with Crippen molar-refractivity contribution in [3.05, 3.63) is 33.6 Å². The Bertz CT molecular complexity index is 382. The second kappa shape index (κ2) is 3.87. The van der Waals surface area contributed by atoms with E-state index >= 15 is 0 Å². The third kappa shape index (κ3) is 1.67. The summed E-state index contributed by atoms with van der Waals surface area (Å²) in [5.74, 6) is -4.75. The zero-order valence-corrected chi connectivity index (χ0v) is 8.15. The highest BCUT2D eigenvalue weighted by Crippen LogP contribution is 2.23. The van der Waals surface area contributed by atoms with Gasteiger partial charge in [-0.2, -0.15) is 0 Å². The Labute approximate surface area is 85.1 Å². The van der Waals surface area contributed by atoms with Gasteiger partial charge in [0.05, 0.1) is 10.0 Å². The van der Waals surface area contributed by atoms with Crippen molar-refractivity contribution in [1.82, 2.24) is 0 Å². The smallest absolute Gasteiger partial charge is 0.176 e. The van der Waals surface area contributed by atoms with Crippen molar-refractivity contribution in [3.63, 3.8) is 0 Å². The molecule has 0 heterocycles. The lowest BCUT2D eigenvalue weighted by Crippen LogP contribution is -2.18. The van der Waals surface area contributed by atoms with E-state index in [2.05, 4.69) is 21.1 Å². The number of hydrogen-bond donors (Lipinski definition) is 2. The van der Waals surface area contributed by atoms with Crippen LogP contribution in [-0.2, 0) is 0 Å².